The fraction of sp³-hybridized carbons (Fsp3) is 0.500. The largest absolute Gasteiger partial charge is 0.331 e. The maximum Gasteiger partial charge on any atom is 0.331 e. The van der Waals surface area contributed by atoms with Crippen molar-refractivity contribution < 1.29 is 14.4 Å². The van der Waals surface area contributed by atoms with Crippen LogP contribution in [0.1, 0.15) is 106 Å². The van der Waals surface area contributed by atoms with Gasteiger partial charge in [-0.05, 0) is 60.9 Å². The first-order valence-corrected chi connectivity index (χ1v) is 13.0. The second-order valence-electron chi connectivity index (χ2n) is 10.1. The molecule has 180 valence electrons. The molecule has 0 aliphatic heterocycles. The van der Waals surface area contributed by atoms with Gasteiger partial charge in [-0.25, -0.2) is 4.79 Å². The van der Waals surface area contributed by atoms with Crippen molar-refractivity contribution in [1.29, 1.82) is 0 Å². The van der Waals surface area contributed by atoms with Crippen LogP contribution in [-0.2, 0) is 15.0 Å². The lowest BCUT2D eigenvalue weighted by Crippen LogP contribution is -2.28. The van der Waals surface area contributed by atoms with Crippen LogP contribution in [0.15, 0.2) is 41.6 Å². The fourth-order valence-electron chi connectivity index (χ4n) is 6.21. The topological polar surface area (TPSA) is 55.7 Å². The summed E-state index contributed by atoms with van der Waals surface area (Å²) in [5.41, 5.74) is 7.44. The van der Waals surface area contributed by atoms with Crippen LogP contribution in [0.3, 0.4) is 0 Å². The Hall–Kier alpha value is -2.75. The van der Waals surface area contributed by atoms with Gasteiger partial charge >= 0.3 is 5.97 Å². The molecule has 0 radical (unpaired) electrons. The summed E-state index contributed by atoms with van der Waals surface area (Å²) < 4.78 is 0. The van der Waals surface area contributed by atoms with Gasteiger partial charge in [0, 0.05) is 23.8 Å². The molecule has 2 aromatic rings. The van der Waals surface area contributed by atoms with E-state index in [-0.39, 0.29) is 17.1 Å². The number of rotatable bonds is 8. The molecule has 4 heteroatoms. The number of fused-ring (bicyclic) bond motifs is 3. The Balaban J connectivity index is 1.81. The van der Waals surface area contributed by atoms with E-state index in [2.05, 4.69) is 56.3 Å². The molecule has 0 N–H and O–H groups in total. The van der Waals surface area contributed by atoms with E-state index in [0.717, 1.165) is 51.4 Å². The summed E-state index contributed by atoms with van der Waals surface area (Å²) in [6.07, 6.45) is 9.42. The third-order valence-corrected chi connectivity index (χ3v) is 7.63. The van der Waals surface area contributed by atoms with Crippen LogP contribution in [0.2, 0.25) is 0 Å². The molecule has 0 spiro atoms. The Bertz CT molecular complexity index is 1100. The molecule has 2 aliphatic rings. The molecule has 2 aromatic carbocycles. The predicted octanol–water partition coefficient (Wildman–Crippen LogP) is 7.54. The van der Waals surface area contributed by atoms with Crippen LogP contribution in [-0.4, -0.2) is 17.5 Å². The highest BCUT2D eigenvalue weighted by molar-refractivity contribution is 6.46. The normalized spacial score (nSPS) is 17.2. The highest BCUT2D eigenvalue weighted by Crippen LogP contribution is 2.54. The molecule has 34 heavy (non-hydrogen) atoms. The van der Waals surface area contributed by atoms with Gasteiger partial charge in [0.2, 0.25) is 5.78 Å². The molecule has 1 saturated carbocycles. The number of carbonyl (C=O) groups is 2. The number of benzene rings is 2. The van der Waals surface area contributed by atoms with Crippen molar-refractivity contribution in [3.63, 3.8) is 0 Å². The van der Waals surface area contributed by atoms with E-state index in [1.807, 2.05) is 6.07 Å². The third-order valence-electron chi connectivity index (χ3n) is 7.63. The highest BCUT2D eigenvalue weighted by atomic mass is 16.7. The summed E-state index contributed by atoms with van der Waals surface area (Å²) in [5.74, 6) is -0.555. The van der Waals surface area contributed by atoms with Gasteiger partial charge in [0.15, 0.2) is 0 Å². The number of Topliss-reactive ketones (excluding diaryl/α,β-unsaturated/α-hetero) is 1. The molecular formula is C30H37NO3. The molecule has 0 atom stereocenters. The maximum absolute atomic E-state index is 13.8. The van der Waals surface area contributed by atoms with Gasteiger partial charge in [-0.3, -0.25) is 4.79 Å². The Kier molecular flexibility index (Phi) is 7.35. The lowest BCUT2D eigenvalue weighted by molar-refractivity contribution is -0.140. The van der Waals surface area contributed by atoms with Crippen LogP contribution in [0.4, 0.5) is 0 Å². The Morgan fingerprint density at radius 1 is 0.941 bits per heavy atom. The minimum atomic E-state index is -0.495. The summed E-state index contributed by atoms with van der Waals surface area (Å²) in [6, 6.07) is 12.9. The molecule has 0 bridgehead atoms. The van der Waals surface area contributed by atoms with Crippen LogP contribution in [0.25, 0.3) is 11.1 Å². The standard InChI is InChI=1S/C30H37NO3/c1-5-16-30(17-6-2)26-18-20(3)12-14-24(26)25-15-13-23(19-27(25)30)29(33)28(31-34-21(4)32)22-10-8-7-9-11-22/h12-15,18-19,22H,5-11,16-17H2,1-4H3. The van der Waals surface area contributed by atoms with Crippen molar-refractivity contribution in [2.75, 3.05) is 0 Å². The maximum atomic E-state index is 13.8. The predicted molar refractivity (Wildman–Crippen MR) is 137 cm³/mol. The molecule has 0 amide bonds. The Morgan fingerprint density at radius 3 is 2.18 bits per heavy atom. The molecule has 4 rings (SSSR count). The quantitative estimate of drug-likeness (QED) is 0.177. The Labute approximate surface area is 203 Å². The number of nitrogens with zero attached hydrogens (tertiary/aromatic N) is 1. The average molecular weight is 460 g/mol. The lowest BCUT2D eigenvalue weighted by atomic mass is 9.71. The van der Waals surface area contributed by atoms with E-state index in [1.54, 1.807) is 0 Å². The number of carbonyl (C=O) groups excluding carboxylic acids is 2. The zero-order valence-electron chi connectivity index (χ0n) is 21.1. The first-order chi connectivity index (χ1) is 16.4. The lowest BCUT2D eigenvalue weighted by Gasteiger charge is -2.32. The second kappa shape index (κ2) is 10.2. The molecule has 4 nitrogen and oxygen atoms in total. The van der Waals surface area contributed by atoms with Crippen LogP contribution < -0.4 is 0 Å². The first kappa shape index (κ1) is 24.4. The molecule has 1 fully saturated rings. The SMILES string of the molecule is CCCC1(CCC)c2cc(C)ccc2-c2ccc(C(=O)C(=NOC(C)=O)C3CCCCC3)cc21. The van der Waals surface area contributed by atoms with Gasteiger partial charge in [-0.1, -0.05) is 87.0 Å². The van der Waals surface area contributed by atoms with E-state index in [0.29, 0.717) is 11.3 Å². The molecule has 2 aliphatic carbocycles. The van der Waals surface area contributed by atoms with Crippen molar-refractivity contribution in [2.45, 2.75) is 90.9 Å². The molecule has 0 aromatic heterocycles. The summed E-state index contributed by atoms with van der Waals surface area (Å²) in [6.45, 7) is 7.97. The number of hydrogen-bond donors (Lipinski definition) is 0. The fourth-order valence-corrected chi connectivity index (χ4v) is 6.21. The number of aryl methyl sites for hydroxylation is 1. The van der Waals surface area contributed by atoms with Crippen molar-refractivity contribution in [2.24, 2.45) is 11.1 Å². The molecular weight excluding hydrogens is 422 g/mol. The Morgan fingerprint density at radius 2 is 1.56 bits per heavy atom. The van der Waals surface area contributed by atoms with Gasteiger partial charge in [0.1, 0.15) is 5.71 Å². The molecule has 0 saturated heterocycles. The third kappa shape index (κ3) is 4.47. The van der Waals surface area contributed by atoms with Crippen molar-refractivity contribution >= 4 is 17.5 Å². The van der Waals surface area contributed by atoms with Crippen molar-refractivity contribution in [3.05, 3.63) is 58.7 Å². The first-order valence-electron chi connectivity index (χ1n) is 13.0. The summed E-state index contributed by atoms with van der Waals surface area (Å²) in [5, 5.41) is 4.09. The van der Waals surface area contributed by atoms with E-state index in [1.165, 1.54) is 41.2 Å². The van der Waals surface area contributed by atoms with Gasteiger partial charge in [-0.2, -0.15) is 0 Å². The zero-order chi connectivity index (χ0) is 24.3. The van der Waals surface area contributed by atoms with Crippen LogP contribution in [0, 0.1) is 12.8 Å². The van der Waals surface area contributed by atoms with E-state index < -0.39 is 5.97 Å². The number of hydrogen-bond acceptors (Lipinski definition) is 4. The van der Waals surface area contributed by atoms with Crippen molar-refractivity contribution in [1.82, 2.24) is 0 Å². The van der Waals surface area contributed by atoms with E-state index in [9.17, 15) is 9.59 Å². The monoisotopic (exact) mass is 459 g/mol. The highest BCUT2D eigenvalue weighted by Gasteiger charge is 2.42. The molecule has 0 heterocycles. The smallest absolute Gasteiger partial charge is 0.318 e. The van der Waals surface area contributed by atoms with E-state index in [4.69, 9.17) is 4.84 Å². The average Bonchev–Trinajstić information content (AvgIpc) is 3.08. The summed E-state index contributed by atoms with van der Waals surface area (Å²) in [7, 11) is 0. The molecule has 0 unspecified atom stereocenters. The summed E-state index contributed by atoms with van der Waals surface area (Å²) in [4.78, 5) is 30.3. The van der Waals surface area contributed by atoms with E-state index >= 15 is 0 Å². The number of oxime groups is 1. The minimum absolute atomic E-state index is 0.0461. The zero-order valence-corrected chi connectivity index (χ0v) is 21.1. The minimum Gasteiger partial charge on any atom is -0.318 e. The van der Waals surface area contributed by atoms with Crippen molar-refractivity contribution in [3.8, 4) is 11.1 Å². The van der Waals surface area contributed by atoms with Gasteiger partial charge in [0.05, 0.1) is 0 Å². The van der Waals surface area contributed by atoms with Crippen LogP contribution in [0.5, 0.6) is 0 Å². The second-order valence-corrected chi connectivity index (χ2v) is 10.1. The van der Waals surface area contributed by atoms with Gasteiger partial charge < -0.3 is 4.84 Å². The van der Waals surface area contributed by atoms with Gasteiger partial charge in [-0.15, -0.1) is 0 Å². The van der Waals surface area contributed by atoms with Crippen LogP contribution >= 0.6 is 0 Å². The number of ketones is 1. The summed E-state index contributed by atoms with van der Waals surface area (Å²) >= 11 is 0. The van der Waals surface area contributed by atoms with Gasteiger partial charge in [0.25, 0.3) is 0 Å².